The molecular weight excluding hydrogens is 312 g/mol. The highest BCUT2D eigenvalue weighted by Gasteiger charge is 2.30. The summed E-state index contributed by atoms with van der Waals surface area (Å²) in [7, 11) is 0. The lowest BCUT2D eigenvalue weighted by atomic mass is 10.0. The second-order valence-corrected chi connectivity index (χ2v) is 7.37. The zero-order valence-electron chi connectivity index (χ0n) is 15.8. The molecule has 25 heavy (non-hydrogen) atoms. The van der Waals surface area contributed by atoms with E-state index in [1.54, 1.807) is 18.2 Å². The van der Waals surface area contributed by atoms with Crippen molar-refractivity contribution in [1.82, 2.24) is 10.4 Å². The third-order valence-corrected chi connectivity index (χ3v) is 4.24. The number of benzene rings is 2. The van der Waals surface area contributed by atoms with E-state index in [0.29, 0.717) is 11.1 Å². The Labute approximate surface area is 149 Å². The summed E-state index contributed by atoms with van der Waals surface area (Å²) in [5.74, 6) is -0.511. The van der Waals surface area contributed by atoms with Crippen molar-refractivity contribution in [3.05, 3.63) is 70.3 Å². The zero-order valence-corrected chi connectivity index (χ0v) is 15.8. The standard InChI is InChI=1S/C21H26N2O2/c1-14-10-12-17(13-11-14)19(24)22-23(21(4,5)6)20(25)18-9-7-8-15(2)16(18)3/h7-13H,1-6H3,(H,22,24). The Bertz CT molecular complexity index is 787. The number of amides is 2. The molecule has 0 aromatic heterocycles. The molecule has 0 saturated carbocycles. The largest absolute Gasteiger partial charge is 0.273 e. The molecule has 2 rings (SSSR count). The zero-order chi connectivity index (χ0) is 18.8. The van der Waals surface area contributed by atoms with E-state index in [-0.39, 0.29) is 11.8 Å². The molecule has 132 valence electrons. The number of hydrogen-bond donors (Lipinski definition) is 1. The van der Waals surface area contributed by atoms with Gasteiger partial charge in [0.15, 0.2) is 0 Å². The van der Waals surface area contributed by atoms with Crippen LogP contribution in [-0.4, -0.2) is 22.4 Å². The first-order chi connectivity index (χ1) is 11.6. The summed E-state index contributed by atoms with van der Waals surface area (Å²) in [5.41, 5.74) is 6.39. The van der Waals surface area contributed by atoms with Crippen molar-refractivity contribution in [3.63, 3.8) is 0 Å². The molecule has 0 radical (unpaired) electrons. The van der Waals surface area contributed by atoms with Crippen molar-refractivity contribution in [2.75, 3.05) is 0 Å². The molecule has 0 unspecified atom stereocenters. The third-order valence-electron chi connectivity index (χ3n) is 4.24. The molecule has 2 aromatic rings. The van der Waals surface area contributed by atoms with Gasteiger partial charge in [0.25, 0.3) is 11.8 Å². The molecular formula is C21H26N2O2. The van der Waals surface area contributed by atoms with E-state index in [1.807, 2.05) is 65.8 Å². The Morgan fingerprint density at radius 1 is 0.920 bits per heavy atom. The lowest BCUT2D eigenvalue weighted by Gasteiger charge is -2.36. The fraction of sp³-hybridized carbons (Fsp3) is 0.333. The maximum atomic E-state index is 13.1. The van der Waals surface area contributed by atoms with Gasteiger partial charge in [-0.15, -0.1) is 0 Å². The summed E-state index contributed by atoms with van der Waals surface area (Å²) in [6, 6.07) is 12.9. The lowest BCUT2D eigenvalue weighted by Crippen LogP contribution is -2.56. The van der Waals surface area contributed by atoms with E-state index in [2.05, 4.69) is 5.43 Å². The first kappa shape index (κ1) is 18.7. The molecule has 1 N–H and O–H groups in total. The van der Waals surface area contributed by atoms with E-state index >= 15 is 0 Å². The van der Waals surface area contributed by atoms with Crippen molar-refractivity contribution >= 4 is 11.8 Å². The van der Waals surface area contributed by atoms with E-state index in [1.165, 1.54) is 5.01 Å². The third kappa shape index (κ3) is 4.27. The van der Waals surface area contributed by atoms with Gasteiger partial charge in [-0.1, -0.05) is 29.8 Å². The van der Waals surface area contributed by atoms with Crippen LogP contribution in [0.4, 0.5) is 0 Å². The van der Waals surface area contributed by atoms with Gasteiger partial charge < -0.3 is 0 Å². The molecule has 0 saturated heterocycles. The average molecular weight is 338 g/mol. The molecule has 4 nitrogen and oxygen atoms in total. The summed E-state index contributed by atoms with van der Waals surface area (Å²) in [4.78, 5) is 25.7. The second kappa shape index (κ2) is 7.09. The highest BCUT2D eigenvalue weighted by Crippen LogP contribution is 2.20. The monoisotopic (exact) mass is 338 g/mol. The van der Waals surface area contributed by atoms with Gasteiger partial charge in [0.2, 0.25) is 0 Å². The van der Waals surface area contributed by atoms with Crippen molar-refractivity contribution < 1.29 is 9.59 Å². The van der Waals surface area contributed by atoms with Crippen LogP contribution in [0.15, 0.2) is 42.5 Å². The first-order valence-corrected chi connectivity index (χ1v) is 8.39. The summed E-state index contributed by atoms with van der Waals surface area (Å²) in [6.07, 6.45) is 0. The Balaban J connectivity index is 2.33. The summed E-state index contributed by atoms with van der Waals surface area (Å²) in [5, 5.41) is 1.41. The normalized spacial score (nSPS) is 11.1. The minimum absolute atomic E-state index is 0.214. The smallest absolute Gasteiger partial charge is 0.267 e. The minimum Gasteiger partial charge on any atom is -0.267 e. The van der Waals surface area contributed by atoms with E-state index in [0.717, 1.165) is 16.7 Å². The number of carbonyl (C=O) groups excluding carboxylic acids is 2. The molecule has 0 aliphatic rings. The van der Waals surface area contributed by atoms with Gasteiger partial charge in [0, 0.05) is 11.1 Å². The van der Waals surface area contributed by atoms with Crippen LogP contribution in [-0.2, 0) is 0 Å². The lowest BCUT2D eigenvalue weighted by molar-refractivity contribution is 0.0358. The van der Waals surface area contributed by atoms with Gasteiger partial charge in [-0.05, 0) is 70.9 Å². The molecule has 0 fully saturated rings. The Kier molecular flexibility index (Phi) is 5.31. The van der Waals surface area contributed by atoms with Gasteiger partial charge in [-0.3, -0.25) is 15.0 Å². The van der Waals surface area contributed by atoms with E-state index < -0.39 is 5.54 Å². The summed E-state index contributed by atoms with van der Waals surface area (Å²) >= 11 is 0. The number of hydrazine groups is 1. The summed E-state index contributed by atoms with van der Waals surface area (Å²) in [6.45, 7) is 11.5. The second-order valence-electron chi connectivity index (χ2n) is 7.37. The number of rotatable bonds is 2. The maximum absolute atomic E-state index is 13.1. The van der Waals surface area contributed by atoms with Crippen LogP contribution < -0.4 is 5.43 Å². The van der Waals surface area contributed by atoms with Gasteiger partial charge in [-0.2, -0.15) is 0 Å². The minimum atomic E-state index is -0.562. The maximum Gasteiger partial charge on any atom is 0.273 e. The van der Waals surface area contributed by atoms with Crippen molar-refractivity contribution in [2.24, 2.45) is 0 Å². The SMILES string of the molecule is Cc1ccc(C(=O)NN(C(=O)c2cccc(C)c2C)C(C)(C)C)cc1. The number of carbonyl (C=O) groups is 2. The van der Waals surface area contributed by atoms with Crippen LogP contribution in [0.25, 0.3) is 0 Å². The first-order valence-electron chi connectivity index (χ1n) is 8.39. The van der Waals surface area contributed by atoms with Crippen LogP contribution in [0, 0.1) is 20.8 Å². The van der Waals surface area contributed by atoms with Crippen LogP contribution >= 0.6 is 0 Å². The average Bonchev–Trinajstić information content (AvgIpc) is 2.54. The quantitative estimate of drug-likeness (QED) is 0.835. The van der Waals surface area contributed by atoms with Crippen molar-refractivity contribution in [3.8, 4) is 0 Å². The Hall–Kier alpha value is -2.62. The van der Waals surface area contributed by atoms with Gasteiger partial charge >= 0.3 is 0 Å². The molecule has 4 heteroatoms. The van der Waals surface area contributed by atoms with E-state index in [4.69, 9.17) is 0 Å². The van der Waals surface area contributed by atoms with Crippen LogP contribution in [0.5, 0.6) is 0 Å². The Morgan fingerprint density at radius 2 is 1.52 bits per heavy atom. The molecule has 0 bridgehead atoms. The fourth-order valence-electron chi connectivity index (χ4n) is 2.50. The fourth-order valence-corrected chi connectivity index (χ4v) is 2.50. The predicted octanol–water partition coefficient (Wildman–Crippen LogP) is 4.20. The molecule has 0 aliphatic carbocycles. The van der Waals surface area contributed by atoms with Gasteiger partial charge in [0.05, 0.1) is 5.54 Å². The van der Waals surface area contributed by atoms with Crippen LogP contribution in [0.1, 0.15) is 58.2 Å². The number of nitrogens with one attached hydrogen (secondary N) is 1. The Morgan fingerprint density at radius 3 is 2.08 bits per heavy atom. The topological polar surface area (TPSA) is 49.4 Å². The molecule has 2 aromatic carbocycles. The molecule has 0 atom stereocenters. The van der Waals surface area contributed by atoms with Crippen LogP contribution in [0.2, 0.25) is 0 Å². The van der Waals surface area contributed by atoms with Crippen molar-refractivity contribution in [2.45, 2.75) is 47.1 Å². The molecule has 0 aliphatic heterocycles. The summed E-state index contributed by atoms with van der Waals surface area (Å²) < 4.78 is 0. The number of nitrogens with zero attached hydrogens (tertiary/aromatic N) is 1. The van der Waals surface area contributed by atoms with E-state index in [9.17, 15) is 9.59 Å². The highest BCUT2D eigenvalue weighted by molar-refractivity contribution is 6.00. The predicted molar refractivity (Wildman–Crippen MR) is 100 cm³/mol. The molecule has 0 heterocycles. The number of aryl methyl sites for hydroxylation is 2. The van der Waals surface area contributed by atoms with Crippen molar-refractivity contribution in [1.29, 1.82) is 0 Å². The molecule has 2 amide bonds. The van der Waals surface area contributed by atoms with Crippen LogP contribution in [0.3, 0.4) is 0 Å². The van der Waals surface area contributed by atoms with Gasteiger partial charge in [-0.25, -0.2) is 5.01 Å². The van der Waals surface area contributed by atoms with Gasteiger partial charge in [0.1, 0.15) is 0 Å². The highest BCUT2D eigenvalue weighted by atomic mass is 16.2. The molecule has 0 spiro atoms. The number of hydrogen-bond acceptors (Lipinski definition) is 2.